The standard InChI is InChI=1S/C23H21N5O2.C23H23N3O2/c24-27-26-20-7-8-28(14-21(20)29)13-15-5-6-17-11-25-12-19(18(17)9-15)23-10-16-3-1-2-4-22(16)30-23;24-20-7-8-26(14-21(20)27)13-15-5-6-17-11-25-12-19(18(17)9-15)23-10-16-3-1-2-4-22(16)28-23/h1-6,9-12,20-21,29H,7-8,13-14H2;1-6,9-12,20-21,27H,7-8,13-14,24H2/t2*20-,21+/m11/s1. The number of fused-ring (bicyclic) bond motifs is 4. The van der Waals surface area contributed by atoms with Crippen LogP contribution in [0.3, 0.4) is 0 Å². The van der Waals surface area contributed by atoms with Crippen LogP contribution in [0, 0.1) is 0 Å². The van der Waals surface area contributed by atoms with Crippen LogP contribution < -0.4 is 5.73 Å². The van der Waals surface area contributed by atoms with Crippen molar-refractivity contribution in [3.8, 4) is 22.6 Å². The number of furan rings is 2. The molecule has 0 saturated carbocycles. The van der Waals surface area contributed by atoms with Crippen molar-refractivity contribution in [1.29, 1.82) is 0 Å². The largest absolute Gasteiger partial charge is 0.456 e. The molecule has 10 rings (SSSR count). The molecule has 0 amide bonds. The van der Waals surface area contributed by atoms with E-state index in [4.69, 9.17) is 20.1 Å². The van der Waals surface area contributed by atoms with Gasteiger partial charge in [-0.25, -0.2) is 0 Å². The van der Waals surface area contributed by atoms with Crippen molar-refractivity contribution >= 4 is 43.5 Å². The molecule has 2 saturated heterocycles. The average Bonchev–Trinajstić information content (AvgIpc) is 3.88. The number of azide groups is 1. The van der Waals surface area contributed by atoms with Gasteiger partial charge in [-0.1, -0.05) is 65.8 Å². The number of likely N-dealkylation sites (tertiary alicyclic amines) is 2. The number of pyridine rings is 2. The average molecular weight is 773 g/mol. The van der Waals surface area contributed by atoms with Crippen molar-refractivity contribution in [1.82, 2.24) is 19.8 Å². The van der Waals surface area contributed by atoms with Gasteiger partial charge in [0.2, 0.25) is 0 Å². The highest BCUT2D eigenvalue weighted by Gasteiger charge is 2.27. The Morgan fingerprint density at radius 3 is 1.67 bits per heavy atom. The number of aliphatic hydroxyl groups is 2. The third-order valence-corrected chi connectivity index (χ3v) is 11.4. The Morgan fingerprint density at radius 2 is 1.17 bits per heavy atom. The van der Waals surface area contributed by atoms with Crippen molar-refractivity contribution in [2.75, 3.05) is 26.2 Å². The van der Waals surface area contributed by atoms with Crippen LogP contribution in [-0.4, -0.2) is 80.5 Å². The zero-order chi connectivity index (χ0) is 39.6. The summed E-state index contributed by atoms with van der Waals surface area (Å²) in [6.07, 6.45) is 7.85. The summed E-state index contributed by atoms with van der Waals surface area (Å²) in [5, 5.41) is 30.5. The Balaban J connectivity index is 0.000000151. The Labute approximate surface area is 334 Å². The van der Waals surface area contributed by atoms with Crippen molar-refractivity contribution in [2.45, 2.75) is 50.2 Å². The molecule has 6 heterocycles. The van der Waals surface area contributed by atoms with E-state index in [0.29, 0.717) is 19.5 Å². The lowest BCUT2D eigenvalue weighted by Crippen LogP contribution is -2.50. The summed E-state index contributed by atoms with van der Waals surface area (Å²) in [5.74, 6) is 1.63. The maximum Gasteiger partial charge on any atom is 0.137 e. The van der Waals surface area contributed by atoms with E-state index in [9.17, 15) is 10.2 Å². The number of nitrogens with zero attached hydrogens (tertiary/aromatic N) is 7. The van der Waals surface area contributed by atoms with Gasteiger partial charge in [0, 0.05) is 101 Å². The number of piperidine rings is 2. The first-order chi connectivity index (χ1) is 28.4. The Bertz CT molecular complexity index is 2710. The van der Waals surface area contributed by atoms with E-state index in [2.05, 4.69) is 84.4 Å². The molecule has 0 radical (unpaired) electrons. The highest BCUT2D eigenvalue weighted by molar-refractivity contribution is 5.98. The maximum atomic E-state index is 10.3. The van der Waals surface area contributed by atoms with Gasteiger partial charge in [0.15, 0.2) is 0 Å². The number of aliphatic hydroxyl groups excluding tert-OH is 2. The quantitative estimate of drug-likeness (QED) is 0.0816. The molecule has 4 aromatic heterocycles. The number of para-hydroxylation sites is 2. The smallest absolute Gasteiger partial charge is 0.137 e. The van der Waals surface area contributed by atoms with Gasteiger partial charge in [0.25, 0.3) is 0 Å². The molecule has 12 heteroatoms. The second-order valence-electron chi connectivity index (χ2n) is 15.4. The molecule has 4 aromatic carbocycles. The van der Waals surface area contributed by atoms with Crippen LogP contribution in [0.15, 0.2) is 136 Å². The second kappa shape index (κ2) is 16.4. The molecule has 2 aliphatic heterocycles. The van der Waals surface area contributed by atoms with Crippen LogP contribution in [0.5, 0.6) is 0 Å². The van der Waals surface area contributed by atoms with E-state index < -0.39 is 12.2 Å². The fourth-order valence-electron chi connectivity index (χ4n) is 8.25. The summed E-state index contributed by atoms with van der Waals surface area (Å²) in [4.78, 5) is 16.1. The third kappa shape index (κ3) is 7.90. The van der Waals surface area contributed by atoms with Gasteiger partial charge < -0.3 is 24.8 Å². The summed E-state index contributed by atoms with van der Waals surface area (Å²) in [6, 6.07) is 32.5. The fourth-order valence-corrected chi connectivity index (χ4v) is 8.25. The van der Waals surface area contributed by atoms with Crippen LogP contribution in [0.25, 0.3) is 76.6 Å². The van der Waals surface area contributed by atoms with Gasteiger partial charge in [-0.2, -0.15) is 0 Å². The van der Waals surface area contributed by atoms with Gasteiger partial charge in [-0.3, -0.25) is 19.8 Å². The van der Waals surface area contributed by atoms with Crippen LogP contribution in [0.4, 0.5) is 0 Å². The highest BCUT2D eigenvalue weighted by Crippen LogP contribution is 2.35. The topological polar surface area (TPSA) is 174 Å². The van der Waals surface area contributed by atoms with E-state index in [0.717, 1.165) is 104 Å². The zero-order valence-electron chi connectivity index (χ0n) is 31.9. The molecule has 4 atom stereocenters. The molecule has 0 unspecified atom stereocenters. The molecule has 12 nitrogen and oxygen atoms in total. The number of hydrogen-bond donors (Lipinski definition) is 3. The molecule has 2 aliphatic rings. The summed E-state index contributed by atoms with van der Waals surface area (Å²) in [6.45, 7) is 4.31. The lowest BCUT2D eigenvalue weighted by atomic mass is 10.00. The minimum Gasteiger partial charge on any atom is -0.456 e. The monoisotopic (exact) mass is 772 g/mol. The van der Waals surface area contributed by atoms with Crippen LogP contribution >= 0.6 is 0 Å². The Morgan fingerprint density at radius 1 is 0.655 bits per heavy atom. The van der Waals surface area contributed by atoms with Crippen molar-refractivity contribution in [2.24, 2.45) is 10.8 Å². The zero-order valence-corrected chi connectivity index (χ0v) is 31.9. The SMILES string of the molecule is N[C@@H]1CCN(Cc2ccc3cncc(-c4cc5ccccc5o4)c3c2)C[C@@H]1O.[N-]=[N+]=N[C@@H]1CCN(Cc2ccc3cncc(-c4cc5ccccc5o4)c3c2)C[C@@H]1O. The summed E-state index contributed by atoms with van der Waals surface area (Å²) in [5.41, 5.74) is 20.6. The van der Waals surface area contributed by atoms with Crippen LogP contribution in [-0.2, 0) is 13.1 Å². The van der Waals surface area contributed by atoms with E-state index in [1.807, 2.05) is 67.3 Å². The van der Waals surface area contributed by atoms with Gasteiger partial charge in [0.05, 0.1) is 18.2 Å². The van der Waals surface area contributed by atoms with E-state index in [-0.39, 0.29) is 12.1 Å². The van der Waals surface area contributed by atoms with Gasteiger partial charge in [-0.05, 0) is 83.2 Å². The molecule has 0 bridgehead atoms. The summed E-state index contributed by atoms with van der Waals surface area (Å²) >= 11 is 0. The summed E-state index contributed by atoms with van der Waals surface area (Å²) in [7, 11) is 0. The maximum absolute atomic E-state index is 10.3. The lowest BCUT2D eigenvalue weighted by molar-refractivity contribution is 0.0499. The van der Waals surface area contributed by atoms with Gasteiger partial charge >= 0.3 is 0 Å². The van der Waals surface area contributed by atoms with E-state index in [1.165, 1.54) is 5.56 Å². The number of β-amino-alcohol motifs (C(OH)–C–C–N with tert-alkyl or cyclic N) is 2. The molecule has 4 N–H and O–H groups in total. The minimum absolute atomic E-state index is 0.112. The van der Waals surface area contributed by atoms with Gasteiger partial charge in [-0.15, -0.1) is 0 Å². The van der Waals surface area contributed by atoms with Crippen molar-refractivity contribution in [3.05, 3.63) is 143 Å². The minimum atomic E-state index is -0.634. The molecule has 292 valence electrons. The lowest BCUT2D eigenvalue weighted by Gasteiger charge is -2.34. The molecule has 8 aromatic rings. The van der Waals surface area contributed by atoms with Crippen LogP contribution in [0.1, 0.15) is 24.0 Å². The Kier molecular flexibility index (Phi) is 10.6. The Hall–Kier alpha value is -6.11. The molecular weight excluding hydrogens is 729 g/mol. The van der Waals surface area contributed by atoms with Gasteiger partial charge in [0.1, 0.15) is 22.7 Å². The van der Waals surface area contributed by atoms with E-state index in [1.54, 1.807) is 0 Å². The third-order valence-electron chi connectivity index (χ3n) is 11.4. The second-order valence-corrected chi connectivity index (χ2v) is 15.4. The first-order valence-electron chi connectivity index (χ1n) is 19.7. The number of benzene rings is 4. The molecule has 58 heavy (non-hydrogen) atoms. The number of aromatic nitrogens is 2. The molecule has 0 spiro atoms. The van der Waals surface area contributed by atoms with E-state index >= 15 is 0 Å². The molecule has 2 fully saturated rings. The van der Waals surface area contributed by atoms with Crippen LogP contribution in [0.2, 0.25) is 0 Å². The number of nitrogens with two attached hydrogens (primary N) is 1. The normalized spacial score (nSPS) is 20.3. The van der Waals surface area contributed by atoms with Crippen molar-refractivity contribution in [3.63, 3.8) is 0 Å². The molecule has 0 aliphatic carbocycles. The number of rotatable bonds is 7. The van der Waals surface area contributed by atoms with Crippen molar-refractivity contribution < 1.29 is 19.0 Å². The molecular formula is C46H44N8O4. The number of hydrogen-bond acceptors (Lipinski definition) is 10. The summed E-state index contributed by atoms with van der Waals surface area (Å²) < 4.78 is 12.2. The first kappa shape index (κ1) is 37.5. The highest BCUT2D eigenvalue weighted by atomic mass is 16.3. The fraction of sp³-hybridized carbons (Fsp3) is 0.261. The predicted octanol–water partition coefficient (Wildman–Crippen LogP) is 8.44. The predicted molar refractivity (Wildman–Crippen MR) is 227 cm³/mol. The first-order valence-corrected chi connectivity index (χ1v) is 19.7.